The van der Waals surface area contributed by atoms with Crippen LogP contribution < -0.4 is 5.32 Å². The highest BCUT2D eigenvalue weighted by Crippen LogP contribution is 2.35. The van der Waals surface area contributed by atoms with E-state index in [2.05, 4.69) is 0 Å². The quantitative estimate of drug-likeness (QED) is 0.810. The average Bonchev–Trinajstić information content (AvgIpc) is 2.54. The third-order valence-electron chi connectivity index (χ3n) is 3.59. The molecule has 0 aliphatic carbocycles. The van der Waals surface area contributed by atoms with Gasteiger partial charge in [0.15, 0.2) is 0 Å². The first-order valence-electron chi connectivity index (χ1n) is 7.40. The fourth-order valence-electron chi connectivity index (χ4n) is 2.51. The molecule has 0 fully saturated rings. The van der Waals surface area contributed by atoms with Gasteiger partial charge in [0.25, 0.3) is 0 Å². The number of Topliss-reactive ketones (excluding diaryl/α,β-unsaturated/α-hetero) is 1. The molecule has 0 aromatic heterocycles. The number of halogens is 4. The van der Waals surface area contributed by atoms with Crippen LogP contribution in [-0.2, 0) is 9.59 Å². The highest BCUT2D eigenvalue weighted by atomic mass is 35.5. The molecule has 25 heavy (non-hydrogen) atoms. The summed E-state index contributed by atoms with van der Waals surface area (Å²) in [6.45, 7) is 1.40. The van der Waals surface area contributed by atoms with Gasteiger partial charge in [-0.2, -0.15) is 13.2 Å². The number of hydrogen-bond acceptors (Lipinski definition) is 2. The Balaban J connectivity index is 2.51. The molecule has 1 unspecified atom stereocenters. The van der Waals surface area contributed by atoms with Crippen LogP contribution in [0.4, 0.5) is 18.9 Å². The molecule has 1 N–H and O–H groups in total. The van der Waals surface area contributed by atoms with Crippen LogP contribution in [0.3, 0.4) is 0 Å². The van der Waals surface area contributed by atoms with E-state index in [1.807, 2.05) is 5.32 Å². The predicted octanol–water partition coefficient (Wildman–Crippen LogP) is 4.95. The Kier molecular flexibility index (Phi) is 5.85. The molecule has 0 bridgehead atoms. The number of benzene rings is 2. The van der Waals surface area contributed by atoms with Crippen LogP contribution in [0.2, 0.25) is 5.02 Å². The molecule has 7 heteroatoms. The SMILES string of the molecule is CC(=O)CC(c1ccccc1)c1cc(Cl)ccc1NC(=O)C(F)(F)F. The second kappa shape index (κ2) is 7.70. The normalized spacial score (nSPS) is 12.5. The first-order valence-corrected chi connectivity index (χ1v) is 7.78. The van der Waals surface area contributed by atoms with Gasteiger partial charge in [0, 0.05) is 23.0 Å². The lowest BCUT2D eigenvalue weighted by atomic mass is 9.86. The maximum Gasteiger partial charge on any atom is 0.471 e. The highest BCUT2D eigenvalue weighted by Gasteiger charge is 2.39. The van der Waals surface area contributed by atoms with Crippen LogP contribution in [-0.4, -0.2) is 17.9 Å². The summed E-state index contributed by atoms with van der Waals surface area (Å²) >= 11 is 5.99. The fourth-order valence-corrected chi connectivity index (χ4v) is 2.69. The Bertz CT molecular complexity index is 776. The molecule has 0 spiro atoms. The van der Waals surface area contributed by atoms with Crippen molar-refractivity contribution < 1.29 is 22.8 Å². The summed E-state index contributed by atoms with van der Waals surface area (Å²) in [4.78, 5) is 23.0. The van der Waals surface area contributed by atoms with E-state index in [1.165, 1.54) is 25.1 Å². The number of carbonyl (C=O) groups excluding carboxylic acids is 2. The Morgan fingerprint density at radius 2 is 1.76 bits per heavy atom. The van der Waals surface area contributed by atoms with E-state index in [-0.39, 0.29) is 17.9 Å². The zero-order valence-corrected chi connectivity index (χ0v) is 14.0. The van der Waals surface area contributed by atoms with Gasteiger partial charge in [-0.1, -0.05) is 41.9 Å². The van der Waals surface area contributed by atoms with Gasteiger partial charge in [-0.05, 0) is 36.2 Å². The smallest absolute Gasteiger partial charge is 0.318 e. The summed E-state index contributed by atoms with van der Waals surface area (Å²) < 4.78 is 37.8. The second-order valence-corrected chi connectivity index (χ2v) is 5.99. The number of anilines is 1. The number of rotatable bonds is 5. The molecule has 0 saturated carbocycles. The van der Waals surface area contributed by atoms with Crippen LogP contribution in [0.5, 0.6) is 0 Å². The maximum absolute atomic E-state index is 12.6. The minimum absolute atomic E-state index is 0.0261. The van der Waals surface area contributed by atoms with Crippen molar-refractivity contribution in [2.24, 2.45) is 0 Å². The monoisotopic (exact) mass is 369 g/mol. The van der Waals surface area contributed by atoms with E-state index < -0.39 is 18.0 Å². The van der Waals surface area contributed by atoms with E-state index in [0.717, 1.165) is 5.56 Å². The van der Waals surface area contributed by atoms with Crippen molar-refractivity contribution in [1.29, 1.82) is 0 Å². The van der Waals surface area contributed by atoms with Gasteiger partial charge in [-0.25, -0.2) is 0 Å². The Hall–Kier alpha value is -2.34. The van der Waals surface area contributed by atoms with Crippen molar-refractivity contribution in [2.75, 3.05) is 5.32 Å². The first-order chi connectivity index (χ1) is 11.7. The molecule has 0 saturated heterocycles. The molecule has 1 atom stereocenters. The minimum atomic E-state index is -5.01. The van der Waals surface area contributed by atoms with Gasteiger partial charge in [0.1, 0.15) is 5.78 Å². The van der Waals surface area contributed by atoms with E-state index in [1.54, 1.807) is 30.3 Å². The van der Waals surface area contributed by atoms with Crippen molar-refractivity contribution in [2.45, 2.75) is 25.4 Å². The topological polar surface area (TPSA) is 46.2 Å². The van der Waals surface area contributed by atoms with Crippen LogP contribution >= 0.6 is 11.6 Å². The molecular weight excluding hydrogens is 355 g/mol. The van der Waals surface area contributed by atoms with Crippen molar-refractivity contribution in [3.8, 4) is 0 Å². The van der Waals surface area contributed by atoms with Gasteiger partial charge in [0.05, 0.1) is 0 Å². The number of carbonyl (C=O) groups is 2. The molecule has 0 aliphatic rings. The number of amides is 1. The average molecular weight is 370 g/mol. The molecule has 0 aliphatic heterocycles. The van der Waals surface area contributed by atoms with Gasteiger partial charge in [-0.15, -0.1) is 0 Å². The summed E-state index contributed by atoms with van der Waals surface area (Å²) in [6, 6.07) is 13.0. The zero-order valence-electron chi connectivity index (χ0n) is 13.2. The van der Waals surface area contributed by atoms with E-state index in [4.69, 9.17) is 11.6 Å². The highest BCUT2D eigenvalue weighted by molar-refractivity contribution is 6.30. The molecular formula is C18H15ClF3NO2. The van der Waals surface area contributed by atoms with Gasteiger partial charge in [-0.3, -0.25) is 9.59 Å². The molecule has 2 rings (SSSR count). The summed E-state index contributed by atoms with van der Waals surface area (Å²) in [6.07, 6.45) is -4.95. The lowest BCUT2D eigenvalue weighted by molar-refractivity contribution is -0.167. The van der Waals surface area contributed by atoms with Crippen LogP contribution in [0.1, 0.15) is 30.4 Å². The van der Waals surface area contributed by atoms with E-state index >= 15 is 0 Å². The lowest BCUT2D eigenvalue weighted by Gasteiger charge is -2.21. The Morgan fingerprint density at radius 3 is 2.32 bits per heavy atom. The molecule has 0 radical (unpaired) electrons. The maximum atomic E-state index is 12.6. The lowest BCUT2D eigenvalue weighted by Crippen LogP contribution is -2.30. The third-order valence-corrected chi connectivity index (χ3v) is 3.82. The van der Waals surface area contributed by atoms with Crippen LogP contribution in [0, 0.1) is 0 Å². The summed E-state index contributed by atoms with van der Waals surface area (Å²) in [5, 5.41) is 2.16. The molecule has 2 aromatic rings. The molecule has 2 aromatic carbocycles. The van der Waals surface area contributed by atoms with Crippen molar-refractivity contribution in [1.82, 2.24) is 0 Å². The standard InChI is InChI=1S/C18H15ClF3NO2/c1-11(24)9-14(12-5-3-2-4-6-12)15-10-13(19)7-8-16(15)23-17(25)18(20,21)22/h2-8,10,14H,9H2,1H3,(H,23,25). The van der Waals surface area contributed by atoms with Crippen molar-refractivity contribution in [3.63, 3.8) is 0 Å². The minimum Gasteiger partial charge on any atom is -0.318 e. The van der Waals surface area contributed by atoms with Crippen molar-refractivity contribution in [3.05, 3.63) is 64.7 Å². The zero-order chi connectivity index (χ0) is 18.6. The third kappa shape index (κ3) is 5.06. The number of alkyl halides is 3. The molecule has 132 valence electrons. The largest absolute Gasteiger partial charge is 0.471 e. The van der Waals surface area contributed by atoms with Crippen LogP contribution in [0.25, 0.3) is 0 Å². The molecule has 3 nitrogen and oxygen atoms in total. The Labute approximate surface area is 147 Å². The number of ketones is 1. The summed E-state index contributed by atoms with van der Waals surface area (Å²) in [5.74, 6) is -2.74. The Morgan fingerprint density at radius 1 is 1.12 bits per heavy atom. The van der Waals surface area contributed by atoms with Gasteiger partial charge < -0.3 is 5.32 Å². The van der Waals surface area contributed by atoms with Crippen molar-refractivity contribution >= 4 is 29.0 Å². The van der Waals surface area contributed by atoms with E-state index in [9.17, 15) is 22.8 Å². The molecule has 0 heterocycles. The number of hydrogen-bond donors (Lipinski definition) is 1. The summed E-state index contributed by atoms with van der Waals surface area (Å²) in [7, 11) is 0. The summed E-state index contributed by atoms with van der Waals surface area (Å²) in [5.41, 5.74) is 1.07. The predicted molar refractivity (Wildman–Crippen MR) is 89.7 cm³/mol. The fraction of sp³-hybridized carbons (Fsp3) is 0.222. The number of nitrogens with one attached hydrogen (secondary N) is 1. The first kappa shape index (κ1) is 19.0. The van der Waals surface area contributed by atoms with E-state index in [0.29, 0.717) is 10.6 Å². The van der Waals surface area contributed by atoms with Gasteiger partial charge in [0.2, 0.25) is 0 Å². The van der Waals surface area contributed by atoms with Crippen LogP contribution in [0.15, 0.2) is 48.5 Å². The van der Waals surface area contributed by atoms with Gasteiger partial charge >= 0.3 is 12.1 Å². The molecule has 1 amide bonds. The second-order valence-electron chi connectivity index (χ2n) is 5.55.